The van der Waals surface area contributed by atoms with Crippen molar-refractivity contribution in [3.63, 3.8) is 0 Å². The highest BCUT2D eigenvalue weighted by molar-refractivity contribution is 6.02. The molecule has 0 spiro atoms. The molecule has 2 amide bonds. The molecule has 4 atom stereocenters. The summed E-state index contributed by atoms with van der Waals surface area (Å²) in [5.41, 5.74) is 3.71. The summed E-state index contributed by atoms with van der Waals surface area (Å²) in [6.45, 7) is 4.55. The van der Waals surface area contributed by atoms with Crippen molar-refractivity contribution in [1.82, 2.24) is 15.2 Å². The number of rotatable bonds is 4. The molecule has 2 N–H and O–H groups in total. The van der Waals surface area contributed by atoms with Crippen molar-refractivity contribution in [2.45, 2.75) is 45.2 Å². The molecule has 0 bridgehead atoms. The number of aromatic amines is 1. The highest BCUT2D eigenvalue weighted by Gasteiger charge is 2.40. The monoisotopic (exact) mass is 415 g/mol. The fourth-order valence-electron chi connectivity index (χ4n) is 5.38. The molecule has 5 rings (SSSR count). The Bertz CT molecular complexity index is 1130. The average molecular weight is 416 g/mol. The summed E-state index contributed by atoms with van der Waals surface area (Å²) in [4.78, 5) is 31.5. The lowest BCUT2D eigenvalue weighted by Crippen LogP contribution is -2.48. The maximum Gasteiger partial charge on any atom is 0.255 e. The first kappa shape index (κ1) is 19.9. The minimum atomic E-state index is -0.270. The first-order valence-corrected chi connectivity index (χ1v) is 11.3. The molecule has 1 saturated carbocycles. The summed E-state index contributed by atoms with van der Waals surface area (Å²) in [5.74, 6) is 0.910. The zero-order valence-corrected chi connectivity index (χ0v) is 18.1. The highest BCUT2D eigenvalue weighted by Crippen LogP contribution is 2.41. The first-order chi connectivity index (χ1) is 15.0. The molecule has 5 heteroatoms. The van der Waals surface area contributed by atoms with Crippen LogP contribution < -0.4 is 5.32 Å². The standard InChI is InChI=1S/C26H29N3O2/c1-16-8-7-13-22(17(16)2)28-24(30)15-29-25(19-10-3-4-11-20(19)26(29)31)21-14-27-23-12-6-5-9-18(21)23/h3-6,9-12,14,16-17,22,25,27H,7-8,13,15H2,1-2H3,(H,28,30)/t16-,17+,22+,25-/m0/s1. The quantitative estimate of drug-likeness (QED) is 0.651. The Balaban J connectivity index is 1.45. The van der Waals surface area contributed by atoms with Crippen LogP contribution in [0.25, 0.3) is 10.9 Å². The molecule has 2 aromatic carbocycles. The van der Waals surface area contributed by atoms with Crippen LogP contribution in [0.1, 0.15) is 60.6 Å². The third kappa shape index (κ3) is 3.42. The van der Waals surface area contributed by atoms with E-state index in [1.165, 1.54) is 6.42 Å². The van der Waals surface area contributed by atoms with Crippen LogP contribution in [0.2, 0.25) is 0 Å². The molecule has 160 valence electrons. The van der Waals surface area contributed by atoms with E-state index in [1.54, 1.807) is 4.90 Å². The Morgan fingerprint density at radius 3 is 2.71 bits per heavy atom. The van der Waals surface area contributed by atoms with Crippen LogP contribution in [0.5, 0.6) is 0 Å². The largest absolute Gasteiger partial charge is 0.361 e. The van der Waals surface area contributed by atoms with Gasteiger partial charge in [0.2, 0.25) is 5.91 Å². The molecule has 0 saturated heterocycles. The van der Waals surface area contributed by atoms with Crippen LogP contribution >= 0.6 is 0 Å². The summed E-state index contributed by atoms with van der Waals surface area (Å²) >= 11 is 0. The van der Waals surface area contributed by atoms with Crippen LogP contribution in [0.15, 0.2) is 54.7 Å². The highest BCUT2D eigenvalue weighted by atomic mass is 16.2. The van der Waals surface area contributed by atoms with Crippen molar-refractivity contribution in [3.8, 4) is 0 Å². The van der Waals surface area contributed by atoms with Gasteiger partial charge in [0.1, 0.15) is 6.54 Å². The number of nitrogens with zero attached hydrogens (tertiary/aromatic N) is 1. The van der Waals surface area contributed by atoms with E-state index in [4.69, 9.17) is 0 Å². The Morgan fingerprint density at radius 2 is 1.84 bits per heavy atom. The van der Waals surface area contributed by atoms with Crippen LogP contribution in [0, 0.1) is 11.8 Å². The lowest BCUT2D eigenvalue weighted by atomic mass is 9.78. The second-order valence-electron chi connectivity index (χ2n) is 9.15. The Morgan fingerprint density at radius 1 is 1.06 bits per heavy atom. The molecule has 5 nitrogen and oxygen atoms in total. The van der Waals surface area contributed by atoms with Crippen LogP contribution in [-0.2, 0) is 4.79 Å². The molecule has 1 aromatic heterocycles. The van der Waals surface area contributed by atoms with Crippen molar-refractivity contribution in [1.29, 1.82) is 0 Å². The summed E-state index contributed by atoms with van der Waals surface area (Å²) in [5, 5.41) is 4.32. The topological polar surface area (TPSA) is 65.2 Å². The van der Waals surface area contributed by atoms with Crippen molar-refractivity contribution in [2.24, 2.45) is 11.8 Å². The van der Waals surface area contributed by atoms with Crippen molar-refractivity contribution < 1.29 is 9.59 Å². The number of fused-ring (bicyclic) bond motifs is 2. The van der Waals surface area contributed by atoms with Gasteiger partial charge < -0.3 is 15.2 Å². The number of carbonyl (C=O) groups is 2. The van der Waals surface area contributed by atoms with Crippen molar-refractivity contribution >= 4 is 22.7 Å². The SMILES string of the molecule is C[C@@H]1[C@@H](C)CCC[C@H]1NC(=O)CN1C(=O)c2ccccc2[C@H]1c1c[nH]c2ccccc12. The van der Waals surface area contributed by atoms with Crippen LogP contribution in [0.3, 0.4) is 0 Å². The molecule has 2 heterocycles. The zero-order chi connectivity index (χ0) is 21.5. The third-order valence-corrected chi connectivity index (χ3v) is 7.34. The smallest absolute Gasteiger partial charge is 0.255 e. The number of aromatic nitrogens is 1. The molecular formula is C26H29N3O2. The molecule has 0 unspecified atom stereocenters. The number of nitrogens with one attached hydrogen (secondary N) is 2. The van der Waals surface area contributed by atoms with E-state index in [9.17, 15) is 9.59 Å². The molecular weight excluding hydrogens is 386 g/mol. The maximum atomic E-state index is 13.3. The molecule has 0 radical (unpaired) electrons. The summed E-state index contributed by atoms with van der Waals surface area (Å²) < 4.78 is 0. The maximum absolute atomic E-state index is 13.3. The average Bonchev–Trinajstić information content (AvgIpc) is 3.31. The van der Waals surface area contributed by atoms with Gasteiger partial charge in [0, 0.05) is 34.3 Å². The molecule has 3 aromatic rings. The van der Waals surface area contributed by atoms with E-state index in [-0.39, 0.29) is 30.4 Å². The van der Waals surface area contributed by atoms with Gasteiger partial charge in [0.15, 0.2) is 0 Å². The Hall–Kier alpha value is -3.08. The lowest BCUT2D eigenvalue weighted by Gasteiger charge is -2.35. The molecule has 2 aliphatic rings. The van der Waals surface area contributed by atoms with Gasteiger partial charge in [0.25, 0.3) is 5.91 Å². The van der Waals surface area contributed by atoms with Gasteiger partial charge in [-0.15, -0.1) is 0 Å². The molecule has 31 heavy (non-hydrogen) atoms. The summed E-state index contributed by atoms with van der Waals surface area (Å²) in [6, 6.07) is 15.7. The Labute approximate surface area is 182 Å². The number of benzene rings is 2. The van der Waals surface area contributed by atoms with Crippen molar-refractivity contribution in [2.75, 3.05) is 6.54 Å². The third-order valence-electron chi connectivity index (χ3n) is 7.34. The first-order valence-electron chi connectivity index (χ1n) is 11.3. The van der Waals surface area contributed by atoms with E-state index in [1.807, 2.05) is 48.7 Å². The van der Waals surface area contributed by atoms with E-state index >= 15 is 0 Å². The zero-order valence-electron chi connectivity index (χ0n) is 18.1. The number of H-pyrrole nitrogens is 1. The number of amides is 2. The number of para-hydroxylation sites is 1. The fraction of sp³-hybridized carbons (Fsp3) is 0.385. The number of carbonyl (C=O) groups excluding carboxylic acids is 2. The summed E-state index contributed by atoms with van der Waals surface area (Å²) in [7, 11) is 0. The normalized spacial score (nSPS) is 25.6. The van der Waals surface area contributed by atoms with E-state index in [0.717, 1.165) is 34.9 Å². The fourth-order valence-corrected chi connectivity index (χ4v) is 5.38. The van der Waals surface area contributed by atoms with Gasteiger partial charge >= 0.3 is 0 Å². The van der Waals surface area contributed by atoms with Crippen LogP contribution in [-0.4, -0.2) is 34.3 Å². The molecule has 1 aliphatic heterocycles. The van der Waals surface area contributed by atoms with Crippen LogP contribution in [0.4, 0.5) is 0 Å². The van der Waals surface area contributed by atoms with Gasteiger partial charge in [-0.05, 0) is 36.0 Å². The van der Waals surface area contributed by atoms with Gasteiger partial charge in [-0.25, -0.2) is 0 Å². The van der Waals surface area contributed by atoms with Gasteiger partial charge in [-0.1, -0.05) is 63.1 Å². The van der Waals surface area contributed by atoms with Gasteiger partial charge in [0.05, 0.1) is 6.04 Å². The predicted molar refractivity (Wildman–Crippen MR) is 122 cm³/mol. The number of hydrogen-bond donors (Lipinski definition) is 2. The second kappa shape index (κ2) is 7.88. The van der Waals surface area contributed by atoms with Gasteiger partial charge in [-0.3, -0.25) is 9.59 Å². The number of hydrogen-bond acceptors (Lipinski definition) is 2. The molecule has 1 aliphatic carbocycles. The van der Waals surface area contributed by atoms with E-state index in [2.05, 4.69) is 30.2 Å². The van der Waals surface area contributed by atoms with Crippen molar-refractivity contribution in [3.05, 3.63) is 71.4 Å². The second-order valence-corrected chi connectivity index (χ2v) is 9.15. The Kier molecular flexibility index (Phi) is 5.05. The van der Waals surface area contributed by atoms with E-state index in [0.29, 0.717) is 17.4 Å². The lowest BCUT2D eigenvalue weighted by molar-refractivity contribution is -0.123. The van der Waals surface area contributed by atoms with Gasteiger partial charge in [-0.2, -0.15) is 0 Å². The summed E-state index contributed by atoms with van der Waals surface area (Å²) in [6.07, 6.45) is 5.34. The predicted octanol–water partition coefficient (Wildman–Crippen LogP) is 4.65. The minimum Gasteiger partial charge on any atom is -0.361 e. The minimum absolute atomic E-state index is 0.0648. The molecule has 1 fully saturated rings. The van der Waals surface area contributed by atoms with E-state index < -0.39 is 0 Å².